The summed E-state index contributed by atoms with van der Waals surface area (Å²) >= 11 is 6.32. The fraction of sp³-hybridized carbons (Fsp3) is 0.600. The van der Waals surface area contributed by atoms with E-state index in [1.807, 2.05) is 12.1 Å². The summed E-state index contributed by atoms with van der Waals surface area (Å²) in [4.78, 5) is 18.3. The normalized spacial score (nSPS) is 18.8. The van der Waals surface area contributed by atoms with Crippen LogP contribution in [0.4, 0.5) is 0 Å². The van der Waals surface area contributed by atoms with Gasteiger partial charge in [-0.15, -0.1) is 24.0 Å². The third-order valence-electron chi connectivity index (χ3n) is 4.96. The van der Waals surface area contributed by atoms with Gasteiger partial charge < -0.3 is 25.4 Å². The Bertz CT molecular complexity index is 732. The lowest BCUT2D eigenvalue weighted by molar-refractivity contribution is -0.119. The fourth-order valence-corrected chi connectivity index (χ4v) is 4.02. The number of fused-ring (bicyclic) bond motifs is 1. The lowest BCUT2D eigenvalue weighted by atomic mass is 9.95. The van der Waals surface area contributed by atoms with Crippen LogP contribution in [-0.2, 0) is 11.2 Å². The zero-order valence-electron chi connectivity index (χ0n) is 16.8. The van der Waals surface area contributed by atoms with E-state index in [1.54, 1.807) is 0 Å². The summed E-state index contributed by atoms with van der Waals surface area (Å²) in [6.45, 7) is 6.30. The zero-order chi connectivity index (χ0) is 19.9. The highest BCUT2D eigenvalue weighted by Crippen LogP contribution is 2.38. The van der Waals surface area contributed by atoms with Crippen molar-refractivity contribution in [3.8, 4) is 11.5 Å². The number of piperidine rings is 1. The molecule has 1 saturated heterocycles. The maximum atomic E-state index is 11.3. The van der Waals surface area contributed by atoms with Gasteiger partial charge in [0.2, 0.25) is 5.91 Å². The van der Waals surface area contributed by atoms with Crippen LogP contribution in [0.25, 0.3) is 0 Å². The quantitative estimate of drug-likeness (QED) is 0.332. The van der Waals surface area contributed by atoms with Gasteiger partial charge in [-0.1, -0.05) is 11.6 Å². The van der Waals surface area contributed by atoms with Crippen molar-refractivity contribution >= 4 is 47.4 Å². The average molecular weight is 537 g/mol. The Hall–Kier alpha value is -1.42. The summed E-state index contributed by atoms with van der Waals surface area (Å²) in [6.07, 6.45) is 3.27. The molecule has 162 valence electrons. The first kappa shape index (κ1) is 23.9. The van der Waals surface area contributed by atoms with Gasteiger partial charge in [0.25, 0.3) is 0 Å². The molecular formula is C20H30ClIN4O3. The van der Waals surface area contributed by atoms with E-state index in [0.717, 1.165) is 50.4 Å². The van der Waals surface area contributed by atoms with Crippen molar-refractivity contribution in [1.29, 1.82) is 0 Å². The third-order valence-corrected chi connectivity index (χ3v) is 5.24. The molecule has 1 aromatic rings. The summed E-state index contributed by atoms with van der Waals surface area (Å²) in [7, 11) is 0. The van der Waals surface area contributed by atoms with Crippen molar-refractivity contribution in [2.75, 3.05) is 39.4 Å². The van der Waals surface area contributed by atoms with E-state index in [9.17, 15) is 4.79 Å². The molecule has 0 bridgehead atoms. The van der Waals surface area contributed by atoms with Crippen LogP contribution in [-0.4, -0.2) is 56.2 Å². The van der Waals surface area contributed by atoms with Crippen LogP contribution in [0.15, 0.2) is 17.1 Å². The molecule has 1 aromatic carbocycles. The average Bonchev–Trinajstić information content (AvgIpc) is 2.67. The van der Waals surface area contributed by atoms with Crippen molar-refractivity contribution in [2.24, 2.45) is 16.6 Å². The van der Waals surface area contributed by atoms with Crippen LogP contribution in [0.3, 0.4) is 0 Å². The van der Waals surface area contributed by atoms with E-state index < -0.39 is 0 Å². The van der Waals surface area contributed by atoms with Crippen LogP contribution >= 0.6 is 35.6 Å². The molecule has 7 nitrogen and oxygen atoms in total. The standard InChI is InChI=1S/C20H29ClN4O3.HI/c1-2-23-20(25-7-3-4-15(13-25)12-18(22)26)24-6-5-14-10-16(21)19-17(11-14)27-8-9-28-19;/h10-11,15H,2-9,12-13H2,1H3,(H2,22,26)(H,23,24);1H. The highest BCUT2D eigenvalue weighted by atomic mass is 127. The molecule has 1 atom stereocenters. The molecule has 0 spiro atoms. The van der Waals surface area contributed by atoms with Crippen LogP contribution in [0.5, 0.6) is 11.5 Å². The van der Waals surface area contributed by atoms with Gasteiger partial charge in [-0.2, -0.15) is 0 Å². The topological polar surface area (TPSA) is 89.2 Å². The van der Waals surface area contributed by atoms with E-state index >= 15 is 0 Å². The molecule has 0 aliphatic carbocycles. The first-order chi connectivity index (χ1) is 13.6. The van der Waals surface area contributed by atoms with Crippen molar-refractivity contribution < 1.29 is 14.3 Å². The number of amides is 1. The number of nitrogens with zero attached hydrogens (tertiary/aromatic N) is 2. The smallest absolute Gasteiger partial charge is 0.217 e. The lowest BCUT2D eigenvalue weighted by Crippen LogP contribution is -2.47. The van der Waals surface area contributed by atoms with Gasteiger partial charge in [-0.05, 0) is 49.8 Å². The molecule has 1 unspecified atom stereocenters. The number of nitrogens with one attached hydrogen (secondary N) is 1. The highest BCUT2D eigenvalue weighted by Gasteiger charge is 2.23. The molecule has 0 aromatic heterocycles. The fourth-order valence-electron chi connectivity index (χ4n) is 3.73. The predicted octanol–water partition coefficient (Wildman–Crippen LogP) is 2.82. The van der Waals surface area contributed by atoms with Gasteiger partial charge >= 0.3 is 0 Å². The molecule has 2 aliphatic rings. The molecule has 3 N–H and O–H groups in total. The Balaban J connectivity index is 0.00000300. The Kier molecular flexibility index (Phi) is 9.61. The molecule has 29 heavy (non-hydrogen) atoms. The number of ether oxygens (including phenoxy) is 2. The Morgan fingerprint density at radius 2 is 2.17 bits per heavy atom. The highest BCUT2D eigenvalue weighted by molar-refractivity contribution is 14.0. The minimum absolute atomic E-state index is 0. The summed E-state index contributed by atoms with van der Waals surface area (Å²) in [5.74, 6) is 2.29. The largest absolute Gasteiger partial charge is 0.486 e. The minimum Gasteiger partial charge on any atom is -0.486 e. The molecule has 1 amide bonds. The van der Waals surface area contributed by atoms with Crippen LogP contribution in [0.1, 0.15) is 31.7 Å². The second-order valence-electron chi connectivity index (χ2n) is 7.21. The third kappa shape index (κ3) is 6.80. The number of primary amides is 1. The second kappa shape index (κ2) is 11.7. The van der Waals surface area contributed by atoms with Gasteiger partial charge in [-0.25, -0.2) is 0 Å². The summed E-state index contributed by atoms with van der Waals surface area (Å²) in [5, 5.41) is 3.94. The van der Waals surface area contributed by atoms with Gasteiger partial charge in [0.1, 0.15) is 13.2 Å². The van der Waals surface area contributed by atoms with Gasteiger partial charge in [0.15, 0.2) is 17.5 Å². The Labute approximate surface area is 194 Å². The SMILES string of the molecule is CCNC(=NCCc1cc(Cl)c2c(c1)OCCO2)N1CCCC(CC(N)=O)C1.I. The second-order valence-corrected chi connectivity index (χ2v) is 7.62. The monoisotopic (exact) mass is 536 g/mol. The van der Waals surface area contributed by atoms with Gasteiger partial charge in [0, 0.05) is 32.6 Å². The number of carbonyl (C=O) groups is 1. The summed E-state index contributed by atoms with van der Waals surface area (Å²) < 4.78 is 11.2. The first-order valence-corrected chi connectivity index (χ1v) is 10.3. The number of rotatable bonds is 6. The van der Waals surface area contributed by atoms with Crippen molar-refractivity contribution in [2.45, 2.75) is 32.6 Å². The summed E-state index contributed by atoms with van der Waals surface area (Å²) in [5.41, 5.74) is 6.44. The van der Waals surface area contributed by atoms with Crippen LogP contribution in [0, 0.1) is 5.92 Å². The molecule has 0 saturated carbocycles. The Morgan fingerprint density at radius 3 is 2.93 bits per heavy atom. The molecule has 2 aliphatic heterocycles. The number of guanidine groups is 1. The van der Waals surface area contributed by atoms with E-state index in [0.29, 0.717) is 48.6 Å². The number of halogens is 2. The van der Waals surface area contributed by atoms with Gasteiger partial charge in [0.05, 0.1) is 5.02 Å². The Morgan fingerprint density at radius 1 is 1.38 bits per heavy atom. The molecule has 2 heterocycles. The zero-order valence-corrected chi connectivity index (χ0v) is 19.9. The maximum absolute atomic E-state index is 11.3. The van der Waals surface area contributed by atoms with Crippen molar-refractivity contribution in [1.82, 2.24) is 10.2 Å². The van der Waals surface area contributed by atoms with E-state index in [-0.39, 0.29) is 29.9 Å². The number of carbonyl (C=O) groups excluding carboxylic acids is 1. The minimum atomic E-state index is -0.232. The molecule has 3 rings (SSSR count). The van der Waals surface area contributed by atoms with Crippen molar-refractivity contribution in [3.63, 3.8) is 0 Å². The van der Waals surface area contributed by atoms with Crippen LogP contribution in [0.2, 0.25) is 5.02 Å². The number of benzene rings is 1. The van der Waals surface area contributed by atoms with E-state index in [4.69, 9.17) is 31.8 Å². The lowest BCUT2D eigenvalue weighted by Gasteiger charge is -2.34. The predicted molar refractivity (Wildman–Crippen MR) is 126 cm³/mol. The summed E-state index contributed by atoms with van der Waals surface area (Å²) in [6, 6.07) is 3.90. The first-order valence-electron chi connectivity index (χ1n) is 9.96. The number of likely N-dealkylation sites (tertiary alicyclic amines) is 1. The van der Waals surface area contributed by atoms with Crippen molar-refractivity contribution in [3.05, 3.63) is 22.7 Å². The number of nitrogens with two attached hydrogens (primary N) is 1. The van der Waals surface area contributed by atoms with E-state index in [1.165, 1.54) is 0 Å². The molecule has 9 heteroatoms. The molecule has 1 fully saturated rings. The molecule has 0 radical (unpaired) electrons. The maximum Gasteiger partial charge on any atom is 0.217 e. The molecular weight excluding hydrogens is 507 g/mol. The van der Waals surface area contributed by atoms with Crippen LogP contribution < -0.4 is 20.5 Å². The van der Waals surface area contributed by atoms with Gasteiger partial charge in [-0.3, -0.25) is 9.79 Å². The number of hydrogen-bond donors (Lipinski definition) is 2. The van der Waals surface area contributed by atoms with E-state index in [2.05, 4.69) is 17.1 Å². The number of aliphatic imine (C=N–C) groups is 1. The number of hydrogen-bond acceptors (Lipinski definition) is 4.